The molecule has 1 aliphatic rings. The molecule has 1 aromatic rings. The molecule has 56 valence electrons. The van der Waals surface area contributed by atoms with E-state index < -0.39 is 0 Å². The molecule has 4 nitrogen and oxygen atoms in total. The van der Waals surface area contributed by atoms with Crippen LogP contribution >= 0.6 is 0 Å². The number of imidazole rings is 1. The summed E-state index contributed by atoms with van der Waals surface area (Å²) in [6, 6.07) is 0. The van der Waals surface area contributed by atoms with Gasteiger partial charge in [0.05, 0.1) is 5.69 Å². The topological polar surface area (TPSA) is 60.7 Å². The number of rotatable bonds is 0. The van der Waals surface area contributed by atoms with E-state index in [0.717, 1.165) is 5.69 Å². The maximum Gasteiger partial charge on any atom is 0.324 e. The second kappa shape index (κ2) is 2.16. The van der Waals surface area contributed by atoms with Crippen LogP contribution in [0.5, 0.6) is 0 Å². The third-order valence-electron chi connectivity index (χ3n) is 1.45. The van der Waals surface area contributed by atoms with Gasteiger partial charge in [0.1, 0.15) is 5.82 Å². The molecule has 0 amide bonds. The van der Waals surface area contributed by atoms with Gasteiger partial charge in [-0.05, 0) is 12.2 Å². The van der Waals surface area contributed by atoms with E-state index in [1.807, 2.05) is 18.2 Å². The molecule has 0 unspecified atom stereocenters. The Bertz CT molecular complexity index is 369. The number of aromatic amines is 2. The van der Waals surface area contributed by atoms with Crippen molar-refractivity contribution in [2.75, 3.05) is 5.32 Å². The fourth-order valence-corrected chi connectivity index (χ4v) is 0.975. The molecule has 1 aliphatic heterocycles. The monoisotopic (exact) mass is 149 g/mol. The maximum atomic E-state index is 10.8. The number of hydrogen-bond acceptors (Lipinski definition) is 2. The highest BCUT2D eigenvalue weighted by Gasteiger charge is 2.02. The second-order valence-corrected chi connectivity index (χ2v) is 2.23. The van der Waals surface area contributed by atoms with Gasteiger partial charge in [-0.2, -0.15) is 0 Å². The summed E-state index contributed by atoms with van der Waals surface area (Å²) in [6.07, 6.45) is 7.28. The van der Waals surface area contributed by atoms with E-state index in [0.29, 0.717) is 5.82 Å². The van der Waals surface area contributed by atoms with Gasteiger partial charge in [0.2, 0.25) is 0 Å². The Balaban J connectivity index is 2.59. The van der Waals surface area contributed by atoms with Crippen LogP contribution in [0, 0.1) is 0 Å². The summed E-state index contributed by atoms with van der Waals surface area (Å²) in [5, 5.41) is 2.92. The van der Waals surface area contributed by atoms with Crippen LogP contribution in [-0.4, -0.2) is 9.97 Å². The van der Waals surface area contributed by atoms with E-state index in [1.54, 1.807) is 6.20 Å². The number of fused-ring (bicyclic) bond motifs is 1. The van der Waals surface area contributed by atoms with Gasteiger partial charge >= 0.3 is 5.69 Å². The van der Waals surface area contributed by atoms with Crippen molar-refractivity contribution in [2.45, 2.75) is 0 Å². The van der Waals surface area contributed by atoms with Gasteiger partial charge in [-0.15, -0.1) is 0 Å². The number of anilines is 1. The number of allylic oxidation sites excluding steroid dienone is 2. The van der Waals surface area contributed by atoms with E-state index in [4.69, 9.17) is 0 Å². The normalized spacial score (nSPS) is 13.8. The lowest BCUT2D eigenvalue weighted by molar-refractivity contribution is 1.18. The fraction of sp³-hybridized carbons (Fsp3) is 0. The van der Waals surface area contributed by atoms with Crippen molar-refractivity contribution in [1.29, 1.82) is 0 Å². The van der Waals surface area contributed by atoms with E-state index in [-0.39, 0.29) is 5.69 Å². The average molecular weight is 149 g/mol. The summed E-state index contributed by atoms with van der Waals surface area (Å²) in [5.74, 6) is 0.708. The van der Waals surface area contributed by atoms with E-state index in [2.05, 4.69) is 15.3 Å². The lowest BCUT2D eigenvalue weighted by Gasteiger charge is -1.93. The molecule has 3 N–H and O–H groups in total. The van der Waals surface area contributed by atoms with Crippen molar-refractivity contribution in [2.24, 2.45) is 0 Å². The van der Waals surface area contributed by atoms with Gasteiger partial charge in [-0.1, -0.05) is 6.08 Å². The molecule has 2 rings (SSSR count). The minimum atomic E-state index is -0.192. The molecule has 0 fully saturated rings. The van der Waals surface area contributed by atoms with Crippen LogP contribution in [0.3, 0.4) is 0 Å². The molecule has 4 heteroatoms. The fourth-order valence-electron chi connectivity index (χ4n) is 0.975. The van der Waals surface area contributed by atoms with Gasteiger partial charge in [0.25, 0.3) is 0 Å². The van der Waals surface area contributed by atoms with Crippen LogP contribution in [0.4, 0.5) is 5.82 Å². The largest absolute Gasteiger partial charge is 0.346 e. The van der Waals surface area contributed by atoms with Crippen molar-refractivity contribution in [1.82, 2.24) is 9.97 Å². The van der Waals surface area contributed by atoms with Crippen LogP contribution in [0.15, 0.2) is 23.1 Å². The molecule has 0 saturated carbocycles. The minimum Gasteiger partial charge on any atom is -0.346 e. The molecule has 0 radical (unpaired) electrons. The lowest BCUT2D eigenvalue weighted by Crippen LogP contribution is -2.01. The number of H-pyrrole nitrogens is 2. The van der Waals surface area contributed by atoms with Gasteiger partial charge in [-0.25, -0.2) is 4.79 Å². The molecule has 0 aliphatic carbocycles. The lowest BCUT2D eigenvalue weighted by atomic mass is 10.4. The van der Waals surface area contributed by atoms with E-state index >= 15 is 0 Å². The zero-order valence-corrected chi connectivity index (χ0v) is 5.72. The smallest absolute Gasteiger partial charge is 0.324 e. The molecule has 11 heavy (non-hydrogen) atoms. The Labute approximate surface area is 62.6 Å². The third kappa shape index (κ3) is 0.980. The molecule has 0 bridgehead atoms. The predicted octanol–water partition coefficient (Wildman–Crippen LogP) is 0.655. The first-order valence-electron chi connectivity index (χ1n) is 3.28. The Hall–Kier alpha value is -1.71. The van der Waals surface area contributed by atoms with Gasteiger partial charge in [0, 0.05) is 6.20 Å². The molecule has 0 spiro atoms. The average Bonchev–Trinajstić information content (AvgIpc) is 2.17. The van der Waals surface area contributed by atoms with E-state index in [1.165, 1.54) is 0 Å². The Morgan fingerprint density at radius 1 is 1.18 bits per heavy atom. The number of nitrogens with one attached hydrogen (secondary N) is 3. The zero-order valence-electron chi connectivity index (χ0n) is 5.72. The van der Waals surface area contributed by atoms with Gasteiger partial charge < -0.3 is 10.3 Å². The van der Waals surface area contributed by atoms with Gasteiger partial charge in [-0.3, -0.25) is 4.98 Å². The highest BCUT2D eigenvalue weighted by molar-refractivity contribution is 5.63. The van der Waals surface area contributed by atoms with E-state index in [9.17, 15) is 4.79 Å². The number of hydrogen-bond donors (Lipinski definition) is 3. The van der Waals surface area contributed by atoms with Crippen molar-refractivity contribution >= 4 is 11.9 Å². The van der Waals surface area contributed by atoms with Gasteiger partial charge in [0.15, 0.2) is 0 Å². The zero-order chi connectivity index (χ0) is 7.68. The summed E-state index contributed by atoms with van der Waals surface area (Å²) < 4.78 is 0. The van der Waals surface area contributed by atoms with Crippen LogP contribution < -0.4 is 11.0 Å². The molecule has 0 atom stereocenters. The van der Waals surface area contributed by atoms with Crippen molar-refractivity contribution in [3.8, 4) is 0 Å². The summed E-state index contributed by atoms with van der Waals surface area (Å²) in [7, 11) is 0. The standard InChI is InChI=1S/C7H7N3O/c11-7-9-5-3-1-2-4-8-6(5)10-7/h1-4,8H,(H2,9,10,11). The Morgan fingerprint density at radius 3 is 3.00 bits per heavy atom. The first-order chi connectivity index (χ1) is 5.36. The molecule has 1 aromatic heterocycles. The second-order valence-electron chi connectivity index (χ2n) is 2.23. The van der Waals surface area contributed by atoms with Crippen LogP contribution in [0.2, 0.25) is 0 Å². The summed E-state index contributed by atoms with van der Waals surface area (Å²) >= 11 is 0. The minimum absolute atomic E-state index is 0.192. The molecular formula is C7H7N3O. The van der Waals surface area contributed by atoms with Crippen molar-refractivity contribution in [3.63, 3.8) is 0 Å². The molecular weight excluding hydrogens is 142 g/mol. The van der Waals surface area contributed by atoms with Crippen LogP contribution in [-0.2, 0) is 0 Å². The first kappa shape index (κ1) is 6.03. The first-order valence-corrected chi connectivity index (χ1v) is 3.28. The number of aromatic nitrogens is 2. The highest BCUT2D eigenvalue weighted by Crippen LogP contribution is 2.10. The van der Waals surface area contributed by atoms with Crippen molar-refractivity contribution in [3.05, 3.63) is 34.5 Å². The SMILES string of the molecule is O=c1[nH]c2c([nH]1)NC=CC=C2. The van der Waals surface area contributed by atoms with Crippen molar-refractivity contribution < 1.29 is 0 Å². The Morgan fingerprint density at radius 2 is 2.09 bits per heavy atom. The quantitative estimate of drug-likeness (QED) is 0.507. The van der Waals surface area contributed by atoms with Crippen LogP contribution in [0.25, 0.3) is 6.08 Å². The predicted molar refractivity (Wildman–Crippen MR) is 43.2 cm³/mol. The molecule has 0 saturated heterocycles. The molecule has 0 aromatic carbocycles. The highest BCUT2D eigenvalue weighted by atomic mass is 16.1. The summed E-state index contributed by atoms with van der Waals surface area (Å²) in [6.45, 7) is 0. The Kier molecular flexibility index (Phi) is 1.18. The summed E-state index contributed by atoms with van der Waals surface area (Å²) in [4.78, 5) is 16.0. The van der Waals surface area contributed by atoms with Crippen LogP contribution in [0.1, 0.15) is 5.69 Å². The third-order valence-corrected chi connectivity index (χ3v) is 1.45. The molecule has 2 heterocycles. The maximum absolute atomic E-state index is 10.8. The summed E-state index contributed by atoms with van der Waals surface area (Å²) in [5.41, 5.74) is 0.586.